The first-order valence-corrected chi connectivity index (χ1v) is 7.25. The molecule has 2 atom stereocenters. The molecule has 1 aromatic heterocycles. The fraction of sp³-hybridized carbons (Fsp3) is 0.500. The molecular formula is C14H15BrF3NO2. The second-order valence-corrected chi connectivity index (χ2v) is 5.73. The van der Waals surface area contributed by atoms with E-state index in [1.54, 1.807) is 12.3 Å². The summed E-state index contributed by atoms with van der Waals surface area (Å²) in [6.07, 6.45) is -0.197. The number of hydrogen-bond acceptors (Lipinski definition) is 3. The van der Waals surface area contributed by atoms with Crippen molar-refractivity contribution in [1.29, 1.82) is 0 Å². The highest BCUT2D eigenvalue weighted by atomic mass is 79.9. The van der Waals surface area contributed by atoms with Crippen LogP contribution in [0.4, 0.5) is 13.2 Å². The molecule has 2 rings (SSSR count). The topological polar surface area (TPSA) is 31.4 Å². The Balaban J connectivity index is 1.99. The third-order valence-corrected chi connectivity index (χ3v) is 3.70. The molecule has 0 N–H and O–H groups in total. The minimum atomic E-state index is -4.27. The molecule has 21 heavy (non-hydrogen) atoms. The zero-order valence-corrected chi connectivity index (χ0v) is 12.9. The lowest BCUT2D eigenvalue weighted by molar-refractivity contribution is -0.233. The molecule has 2 unspecified atom stereocenters. The first-order valence-electron chi connectivity index (χ1n) is 6.46. The normalized spacial score (nSPS) is 23.5. The highest BCUT2D eigenvalue weighted by Gasteiger charge is 2.42. The molecule has 7 heteroatoms. The number of aromatic nitrogens is 1. The van der Waals surface area contributed by atoms with Gasteiger partial charge in [0.15, 0.2) is 6.10 Å². The van der Waals surface area contributed by atoms with Gasteiger partial charge in [0.05, 0.1) is 13.7 Å². The molecule has 0 radical (unpaired) electrons. The number of methoxy groups -OCH3 is 1. The van der Waals surface area contributed by atoms with Gasteiger partial charge in [-0.25, -0.2) is 4.98 Å². The molecule has 0 bridgehead atoms. The maximum atomic E-state index is 12.5. The molecule has 0 aromatic carbocycles. The number of rotatable bonds is 3. The number of alkyl halides is 3. The number of pyridine rings is 1. The van der Waals surface area contributed by atoms with Crippen LogP contribution in [0.3, 0.4) is 0 Å². The van der Waals surface area contributed by atoms with Crippen molar-refractivity contribution in [2.75, 3.05) is 13.7 Å². The number of hydrogen-bond donors (Lipinski definition) is 0. The summed E-state index contributed by atoms with van der Waals surface area (Å²) < 4.78 is 48.3. The molecule has 0 aliphatic carbocycles. The molecule has 0 spiro atoms. The smallest absolute Gasteiger partial charge is 0.414 e. The minimum absolute atomic E-state index is 0.00756. The zero-order valence-electron chi connectivity index (χ0n) is 11.4. The maximum absolute atomic E-state index is 12.5. The molecular weight excluding hydrogens is 351 g/mol. The molecule has 1 fully saturated rings. The van der Waals surface area contributed by atoms with Crippen LogP contribution in [0.5, 0.6) is 5.88 Å². The summed E-state index contributed by atoms with van der Waals surface area (Å²) in [7, 11) is 1.52. The lowest BCUT2D eigenvalue weighted by Gasteiger charge is -2.28. The molecule has 0 amide bonds. The molecule has 1 aromatic rings. The predicted octanol–water partition coefficient (Wildman–Crippen LogP) is 4.22. The van der Waals surface area contributed by atoms with Crippen LogP contribution in [0.1, 0.15) is 18.4 Å². The standard InChI is InChI=1S/C14H15BrF3NO2/c1-20-13-10(6-11(15)7-19-13)4-2-9-3-5-12(21-8-9)14(16,17)18/h2,4,6-7,9,12H,3,5,8H2,1H3. The van der Waals surface area contributed by atoms with Crippen molar-refractivity contribution in [2.45, 2.75) is 25.1 Å². The van der Waals surface area contributed by atoms with Crippen LogP contribution < -0.4 is 4.74 Å². The molecule has 116 valence electrons. The molecule has 3 nitrogen and oxygen atoms in total. The van der Waals surface area contributed by atoms with Crippen LogP contribution in [0.15, 0.2) is 22.8 Å². The lowest BCUT2D eigenvalue weighted by atomic mass is 9.97. The molecule has 1 aliphatic heterocycles. The van der Waals surface area contributed by atoms with Gasteiger partial charge in [0.1, 0.15) is 0 Å². The van der Waals surface area contributed by atoms with Crippen LogP contribution in [-0.4, -0.2) is 31.0 Å². The third kappa shape index (κ3) is 4.44. The van der Waals surface area contributed by atoms with Gasteiger partial charge in [-0.15, -0.1) is 0 Å². The summed E-state index contributed by atoms with van der Waals surface area (Å²) in [6.45, 7) is 0.0738. The van der Waals surface area contributed by atoms with Crippen molar-refractivity contribution in [2.24, 2.45) is 5.92 Å². The molecule has 0 saturated carbocycles. The minimum Gasteiger partial charge on any atom is -0.481 e. The molecule has 1 saturated heterocycles. The Morgan fingerprint density at radius 1 is 1.43 bits per heavy atom. The Kier molecular flexibility index (Phi) is 5.27. The van der Waals surface area contributed by atoms with Crippen LogP contribution in [-0.2, 0) is 4.74 Å². The monoisotopic (exact) mass is 365 g/mol. The van der Waals surface area contributed by atoms with Crippen molar-refractivity contribution in [3.05, 3.63) is 28.4 Å². The highest BCUT2D eigenvalue weighted by molar-refractivity contribution is 9.10. The lowest BCUT2D eigenvalue weighted by Crippen LogP contribution is -2.37. The van der Waals surface area contributed by atoms with Crippen LogP contribution in [0.25, 0.3) is 6.08 Å². The average molecular weight is 366 g/mol. The van der Waals surface area contributed by atoms with E-state index in [1.807, 2.05) is 12.1 Å². The van der Waals surface area contributed by atoms with E-state index in [-0.39, 0.29) is 18.9 Å². The maximum Gasteiger partial charge on any atom is 0.414 e. The Hall–Kier alpha value is -1.08. The second-order valence-electron chi connectivity index (χ2n) is 4.81. The Bertz CT molecular complexity index is 511. The van der Waals surface area contributed by atoms with Crippen LogP contribution in [0.2, 0.25) is 0 Å². The fourth-order valence-electron chi connectivity index (χ4n) is 2.15. The van der Waals surface area contributed by atoms with E-state index in [4.69, 9.17) is 9.47 Å². The molecule has 2 heterocycles. The SMILES string of the molecule is COc1ncc(Br)cc1C=CC1CCC(C(F)(F)F)OC1. The van der Waals surface area contributed by atoms with E-state index in [0.29, 0.717) is 12.3 Å². The van der Waals surface area contributed by atoms with E-state index in [2.05, 4.69) is 20.9 Å². The second kappa shape index (κ2) is 6.79. The van der Waals surface area contributed by atoms with Crippen molar-refractivity contribution >= 4 is 22.0 Å². The number of halogens is 4. The van der Waals surface area contributed by atoms with Crippen molar-refractivity contribution in [3.8, 4) is 5.88 Å². The van der Waals surface area contributed by atoms with E-state index in [0.717, 1.165) is 10.0 Å². The van der Waals surface area contributed by atoms with Gasteiger partial charge >= 0.3 is 6.18 Å². The fourth-order valence-corrected chi connectivity index (χ4v) is 2.50. The summed E-state index contributed by atoms with van der Waals surface area (Å²) in [5.41, 5.74) is 0.768. The average Bonchev–Trinajstić information content (AvgIpc) is 2.45. The highest BCUT2D eigenvalue weighted by Crippen LogP contribution is 2.32. The van der Waals surface area contributed by atoms with Crippen LogP contribution in [0, 0.1) is 5.92 Å². The Morgan fingerprint density at radius 2 is 2.19 bits per heavy atom. The summed E-state index contributed by atoms with van der Waals surface area (Å²) in [5, 5.41) is 0. The van der Waals surface area contributed by atoms with E-state index in [9.17, 15) is 13.2 Å². The summed E-state index contributed by atoms with van der Waals surface area (Å²) in [5.74, 6) is 0.437. The third-order valence-electron chi connectivity index (χ3n) is 3.26. The predicted molar refractivity (Wildman–Crippen MR) is 76.0 cm³/mol. The van der Waals surface area contributed by atoms with E-state index < -0.39 is 12.3 Å². The van der Waals surface area contributed by atoms with Gasteiger partial charge in [0, 0.05) is 22.2 Å². The van der Waals surface area contributed by atoms with Crippen LogP contribution >= 0.6 is 15.9 Å². The number of nitrogens with zero attached hydrogens (tertiary/aromatic N) is 1. The Morgan fingerprint density at radius 3 is 2.76 bits per heavy atom. The summed E-state index contributed by atoms with van der Waals surface area (Å²) in [6, 6.07) is 1.84. The van der Waals surface area contributed by atoms with Crippen molar-refractivity contribution in [3.63, 3.8) is 0 Å². The van der Waals surface area contributed by atoms with Gasteiger partial charge < -0.3 is 9.47 Å². The molecule has 1 aliphatic rings. The van der Waals surface area contributed by atoms with Gasteiger partial charge in [-0.05, 0) is 34.8 Å². The van der Waals surface area contributed by atoms with Gasteiger partial charge in [0.2, 0.25) is 5.88 Å². The zero-order chi connectivity index (χ0) is 15.5. The van der Waals surface area contributed by atoms with E-state index in [1.165, 1.54) is 7.11 Å². The van der Waals surface area contributed by atoms with Crippen molar-refractivity contribution in [1.82, 2.24) is 4.98 Å². The van der Waals surface area contributed by atoms with E-state index >= 15 is 0 Å². The van der Waals surface area contributed by atoms with Gasteiger partial charge in [-0.2, -0.15) is 13.2 Å². The van der Waals surface area contributed by atoms with Crippen molar-refractivity contribution < 1.29 is 22.6 Å². The summed E-state index contributed by atoms with van der Waals surface area (Å²) >= 11 is 3.32. The number of ether oxygens (including phenoxy) is 2. The first-order chi connectivity index (χ1) is 9.90. The van der Waals surface area contributed by atoms with Gasteiger partial charge in [-0.3, -0.25) is 0 Å². The van der Waals surface area contributed by atoms with Gasteiger partial charge in [0.25, 0.3) is 0 Å². The summed E-state index contributed by atoms with van der Waals surface area (Å²) in [4.78, 5) is 4.10. The van der Waals surface area contributed by atoms with Gasteiger partial charge in [-0.1, -0.05) is 12.2 Å². The largest absolute Gasteiger partial charge is 0.481 e. The Labute approximate surface area is 129 Å². The quantitative estimate of drug-likeness (QED) is 0.803. The first kappa shape index (κ1) is 16.3.